The minimum absolute atomic E-state index is 0.213. The zero-order valence-corrected chi connectivity index (χ0v) is 18.8. The zero-order chi connectivity index (χ0) is 21.4. The Labute approximate surface area is 187 Å². The van der Waals surface area contributed by atoms with Gasteiger partial charge in [0.25, 0.3) is 5.91 Å². The highest BCUT2D eigenvalue weighted by atomic mass is 32.1. The molecule has 1 aromatic carbocycles. The molecule has 0 unspecified atom stereocenters. The molecule has 158 valence electrons. The average molecular weight is 452 g/mol. The molecule has 0 spiro atoms. The fourth-order valence-electron chi connectivity index (χ4n) is 3.70. The summed E-state index contributed by atoms with van der Waals surface area (Å²) >= 11 is 3.10. The first kappa shape index (κ1) is 19.9. The van der Waals surface area contributed by atoms with Crippen molar-refractivity contribution in [3.63, 3.8) is 0 Å². The normalized spacial score (nSPS) is 13.7. The minimum atomic E-state index is -0.213. The van der Waals surface area contributed by atoms with Gasteiger partial charge in [-0.15, -0.1) is 11.3 Å². The first-order chi connectivity index (χ1) is 15.1. The number of nitrogens with zero attached hydrogens (tertiary/aromatic N) is 4. The predicted molar refractivity (Wildman–Crippen MR) is 126 cm³/mol. The lowest BCUT2D eigenvalue weighted by Crippen LogP contribution is -2.17. The largest absolute Gasteiger partial charge is 0.494 e. The topological polar surface area (TPSA) is 80.2 Å². The Morgan fingerprint density at radius 2 is 2.03 bits per heavy atom. The SMILES string of the molecule is COc1ccc(-c2csc(N3CCCC3)n2)c2sc(NC(=O)c3ccnc(C)c3)nc12. The number of benzene rings is 1. The summed E-state index contributed by atoms with van der Waals surface area (Å²) in [6.07, 6.45) is 4.07. The Morgan fingerprint density at radius 3 is 2.81 bits per heavy atom. The standard InChI is InChI=1S/C22H21N5O2S2/c1-13-11-14(7-8-23-13)20(28)26-21-25-18-17(29-2)6-5-15(19(18)31-21)16-12-30-22(24-16)27-9-3-4-10-27/h5-8,11-12H,3-4,9-10H2,1-2H3,(H,25,26,28). The number of carbonyl (C=O) groups is 1. The highest BCUT2D eigenvalue weighted by molar-refractivity contribution is 7.23. The number of thiazole rings is 2. The molecular formula is C22H21N5O2S2. The van der Waals surface area contributed by atoms with Crippen molar-refractivity contribution in [2.24, 2.45) is 0 Å². The monoisotopic (exact) mass is 451 g/mol. The van der Waals surface area contributed by atoms with Gasteiger partial charge in [-0.2, -0.15) is 0 Å². The summed E-state index contributed by atoms with van der Waals surface area (Å²) in [5.74, 6) is 0.459. The fraction of sp³-hybridized carbons (Fsp3) is 0.273. The van der Waals surface area contributed by atoms with Crippen LogP contribution in [0.2, 0.25) is 0 Å². The maximum atomic E-state index is 12.7. The number of hydrogen-bond acceptors (Lipinski definition) is 8. The number of aryl methyl sites for hydroxylation is 1. The van der Waals surface area contributed by atoms with Crippen LogP contribution in [0.1, 0.15) is 28.9 Å². The number of pyridine rings is 1. The number of rotatable bonds is 5. The molecular weight excluding hydrogens is 430 g/mol. The summed E-state index contributed by atoms with van der Waals surface area (Å²) in [5, 5.41) is 6.59. The maximum Gasteiger partial charge on any atom is 0.257 e. The minimum Gasteiger partial charge on any atom is -0.494 e. The molecule has 1 aliphatic rings. The van der Waals surface area contributed by atoms with Crippen molar-refractivity contribution in [1.29, 1.82) is 0 Å². The van der Waals surface area contributed by atoms with Gasteiger partial charge in [0.05, 0.1) is 17.5 Å². The Bertz CT molecular complexity index is 1260. The Hall–Kier alpha value is -3.04. The van der Waals surface area contributed by atoms with Crippen molar-refractivity contribution < 1.29 is 9.53 Å². The van der Waals surface area contributed by atoms with Gasteiger partial charge >= 0.3 is 0 Å². The predicted octanol–water partition coefficient (Wildman–Crippen LogP) is 4.98. The molecule has 7 nitrogen and oxygen atoms in total. The molecule has 0 saturated carbocycles. The molecule has 4 heterocycles. The molecule has 31 heavy (non-hydrogen) atoms. The number of aromatic nitrogens is 3. The van der Waals surface area contributed by atoms with Gasteiger partial charge in [0, 0.05) is 41.5 Å². The van der Waals surface area contributed by atoms with Crippen molar-refractivity contribution in [3.05, 3.63) is 47.1 Å². The average Bonchev–Trinajstić information content (AvgIpc) is 3.52. The first-order valence-corrected chi connectivity index (χ1v) is 11.7. The fourth-order valence-corrected chi connectivity index (χ4v) is 5.58. The van der Waals surface area contributed by atoms with Crippen molar-refractivity contribution in [3.8, 4) is 17.0 Å². The lowest BCUT2D eigenvalue weighted by molar-refractivity contribution is 0.102. The van der Waals surface area contributed by atoms with Crippen molar-refractivity contribution in [2.45, 2.75) is 19.8 Å². The number of amides is 1. The van der Waals surface area contributed by atoms with Gasteiger partial charge in [0.1, 0.15) is 11.3 Å². The van der Waals surface area contributed by atoms with Crippen LogP contribution in [0.3, 0.4) is 0 Å². The number of hydrogen-bond donors (Lipinski definition) is 1. The van der Waals surface area contributed by atoms with Gasteiger partial charge < -0.3 is 9.64 Å². The van der Waals surface area contributed by atoms with Crippen LogP contribution < -0.4 is 15.0 Å². The summed E-state index contributed by atoms with van der Waals surface area (Å²) in [4.78, 5) is 28.7. The lowest BCUT2D eigenvalue weighted by Gasteiger charge is -2.12. The van der Waals surface area contributed by atoms with Gasteiger partial charge in [-0.3, -0.25) is 15.1 Å². The molecule has 5 rings (SSSR count). The van der Waals surface area contributed by atoms with E-state index in [1.165, 1.54) is 24.2 Å². The molecule has 1 saturated heterocycles. The summed E-state index contributed by atoms with van der Waals surface area (Å²) in [6, 6.07) is 7.37. The molecule has 1 aliphatic heterocycles. The van der Waals surface area contributed by atoms with Crippen molar-refractivity contribution in [2.75, 3.05) is 30.4 Å². The summed E-state index contributed by atoms with van der Waals surface area (Å²) in [6.45, 7) is 3.99. The number of methoxy groups -OCH3 is 1. The number of carbonyl (C=O) groups excluding carboxylic acids is 1. The van der Waals surface area contributed by atoms with Gasteiger partial charge in [-0.25, -0.2) is 9.97 Å². The molecule has 0 aliphatic carbocycles. The first-order valence-electron chi connectivity index (χ1n) is 10.0. The second kappa shape index (κ2) is 8.24. The molecule has 9 heteroatoms. The molecule has 1 fully saturated rings. The summed E-state index contributed by atoms with van der Waals surface area (Å²) in [7, 11) is 1.63. The van der Waals surface area contributed by atoms with Crippen LogP contribution in [0.15, 0.2) is 35.8 Å². The summed E-state index contributed by atoms with van der Waals surface area (Å²) < 4.78 is 6.46. The van der Waals surface area contributed by atoms with Crippen molar-refractivity contribution >= 4 is 49.1 Å². The van der Waals surface area contributed by atoms with E-state index in [0.717, 1.165) is 45.4 Å². The number of fused-ring (bicyclic) bond motifs is 1. The second-order valence-corrected chi connectivity index (χ2v) is 9.20. The smallest absolute Gasteiger partial charge is 0.257 e. The van der Waals surface area contributed by atoms with Crippen molar-refractivity contribution in [1.82, 2.24) is 15.0 Å². The quantitative estimate of drug-likeness (QED) is 0.461. The van der Waals surface area contributed by atoms with E-state index in [2.05, 4.69) is 25.6 Å². The Morgan fingerprint density at radius 1 is 1.19 bits per heavy atom. The molecule has 4 aromatic rings. The van der Waals surface area contributed by atoms with E-state index < -0.39 is 0 Å². The highest BCUT2D eigenvalue weighted by Crippen LogP contribution is 2.41. The molecule has 0 atom stereocenters. The van der Waals surface area contributed by atoms with E-state index in [9.17, 15) is 4.79 Å². The third-order valence-electron chi connectivity index (χ3n) is 5.25. The third kappa shape index (κ3) is 3.86. The van der Waals surface area contributed by atoms with E-state index in [1.54, 1.807) is 36.8 Å². The highest BCUT2D eigenvalue weighted by Gasteiger charge is 2.20. The maximum absolute atomic E-state index is 12.7. The van der Waals surface area contributed by atoms with Crippen LogP contribution in [0.4, 0.5) is 10.3 Å². The van der Waals surface area contributed by atoms with Crippen LogP contribution in [0.5, 0.6) is 5.75 Å². The third-order valence-corrected chi connectivity index (χ3v) is 7.16. The van der Waals surface area contributed by atoms with Crippen LogP contribution >= 0.6 is 22.7 Å². The molecule has 0 radical (unpaired) electrons. The zero-order valence-electron chi connectivity index (χ0n) is 17.2. The van der Waals surface area contributed by atoms with Crippen LogP contribution in [-0.4, -0.2) is 41.1 Å². The van der Waals surface area contributed by atoms with Crippen LogP contribution in [0.25, 0.3) is 21.5 Å². The number of anilines is 2. The van der Waals surface area contributed by atoms with Crippen LogP contribution in [-0.2, 0) is 0 Å². The van der Waals surface area contributed by atoms with E-state index in [-0.39, 0.29) is 5.91 Å². The lowest BCUT2D eigenvalue weighted by atomic mass is 10.1. The van der Waals surface area contributed by atoms with E-state index in [4.69, 9.17) is 9.72 Å². The van der Waals surface area contributed by atoms with E-state index >= 15 is 0 Å². The molecule has 0 bridgehead atoms. The van der Waals surface area contributed by atoms with Gasteiger partial charge in [0.15, 0.2) is 10.3 Å². The van der Waals surface area contributed by atoms with E-state index in [0.29, 0.717) is 16.4 Å². The van der Waals surface area contributed by atoms with Gasteiger partial charge in [-0.1, -0.05) is 11.3 Å². The molecule has 1 N–H and O–H groups in total. The van der Waals surface area contributed by atoms with Gasteiger partial charge in [0.2, 0.25) is 0 Å². The number of ether oxygens (including phenoxy) is 1. The second-order valence-electron chi connectivity index (χ2n) is 7.36. The van der Waals surface area contributed by atoms with E-state index in [1.807, 2.05) is 19.1 Å². The molecule has 1 amide bonds. The Balaban J connectivity index is 1.50. The van der Waals surface area contributed by atoms with Gasteiger partial charge in [-0.05, 0) is 44.0 Å². The summed E-state index contributed by atoms with van der Waals surface area (Å²) in [5.41, 5.74) is 3.98. The molecule has 3 aromatic heterocycles. The Kier molecular flexibility index (Phi) is 5.29. The van der Waals surface area contributed by atoms with Crippen LogP contribution in [0, 0.1) is 6.92 Å². The number of nitrogens with one attached hydrogen (secondary N) is 1.